The molecule has 0 amide bonds. The number of aromatic nitrogens is 2. The van der Waals surface area contributed by atoms with E-state index in [1.54, 1.807) is 4.68 Å². The van der Waals surface area contributed by atoms with Crippen molar-refractivity contribution in [1.29, 1.82) is 0 Å². The molecule has 0 aromatic carbocycles. The smallest absolute Gasteiger partial charge is 0.0847 e. The van der Waals surface area contributed by atoms with Crippen molar-refractivity contribution in [3.8, 4) is 0 Å². The molecule has 4 nitrogen and oxygen atoms in total. The van der Waals surface area contributed by atoms with E-state index in [0.717, 1.165) is 30.8 Å². The Balaban J connectivity index is 2.07. The average Bonchev–Trinajstić information content (AvgIpc) is 2.83. The summed E-state index contributed by atoms with van der Waals surface area (Å²) in [5, 5.41) is 18.3. The third-order valence-electron chi connectivity index (χ3n) is 3.23. The molecule has 1 fully saturated rings. The number of aliphatic hydroxyl groups is 1. The van der Waals surface area contributed by atoms with Gasteiger partial charge >= 0.3 is 0 Å². The number of rotatable bonds is 3. The summed E-state index contributed by atoms with van der Waals surface area (Å²) in [4.78, 5) is 0. The van der Waals surface area contributed by atoms with Crippen LogP contribution in [-0.2, 0) is 13.5 Å². The van der Waals surface area contributed by atoms with Crippen LogP contribution in [0.4, 0.5) is 0 Å². The molecule has 1 aliphatic rings. The van der Waals surface area contributed by atoms with Gasteiger partial charge in [-0.2, -0.15) is 5.10 Å². The minimum absolute atomic E-state index is 0.200. The fraction of sp³-hybridized carbons (Fsp3) is 0.727. The second-order valence-electron chi connectivity index (χ2n) is 4.44. The lowest BCUT2D eigenvalue weighted by molar-refractivity contribution is 0.134. The molecule has 0 aliphatic carbocycles. The van der Waals surface area contributed by atoms with Crippen molar-refractivity contribution < 1.29 is 5.11 Å². The number of halogens is 1. The zero-order valence-corrected chi connectivity index (χ0v) is 10.5. The highest BCUT2D eigenvalue weighted by Crippen LogP contribution is 2.22. The number of hydrogen-bond donors (Lipinski definition) is 2. The first kappa shape index (κ1) is 11.9. The summed E-state index contributed by atoms with van der Waals surface area (Å²) in [6.07, 6.45) is 2.36. The van der Waals surface area contributed by atoms with Crippen LogP contribution in [0.25, 0.3) is 0 Å². The second-order valence-corrected chi connectivity index (χ2v) is 4.82. The van der Waals surface area contributed by atoms with Crippen molar-refractivity contribution >= 4 is 11.6 Å². The Bertz CT molecular complexity index is 372. The molecule has 0 bridgehead atoms. The average molecular weight is 244 g/mol. The lowest BCUT2D eigenvalue weighted by atomic mass is 10.0. The molecular formula is C11H18ClN3O. The van der Waals surface area contributed by atoms with Crippen LogP contribution in [0.15, 0.2) is 0 Å². The summed E-state index contributed by atoms with van der Waals surface area (Å²) in [5.74, 6) is 0. The number of aliphatic hydroxyl groups excluding tert-OH is 1. The first-order valence-electron chi connectivity index (χ1n) is 5.69. The van der Waals surface area contributed by atoms with Crippen LogP contribution in [0.1, 0.15) is 24.2 Å². The Hall–Kier alpha value is -0.580. The van der Waals surface area contributed by atoms with Gasteiger partial charge in [-0.25, -0.2) is 0 Å². The molecule has 2 unspecified atom stereocenters. The molecule has 90 valence electrons. The molecule has 2 rings (SSSR count). The highest BCUT2D eigenvalue weighted by molar-refractivity contribution is 6.31. The zero-order chi connectivity index (χ0) is 11.7. The molecule has 0 spiro atoms. The quantitative estimate of drug-likeness (QED) is 0.834. The summed E-state index contributed by atoms with van der Waals surface area (Å²) in [5.41, 5.74) is 1.74. The van der Waals surface area contributed by atoms with E-state index in [1.807, 2.05) is 14.0 Å². The standard InChI is InChI=1S/C11H18ClN3O/c1-7-11(12)9(15(2)14-7)6-10(16)8-4-3-5-13-8/h8,10,13,16H,3-6H2,1-2H3. The second kappa shape index (κ2) is 4.73. The number of aryl methyl sites for hydroxylation is 2. The van der Waals surface area contributed by atoms with Gasteiger partial charge in [-0.1, -0.05) is 11.6 Å². The summed E-state index contributed by atoms with van der Waals surface area (Å²) in [6.45, 7) is 2.88. The number of nitrogens with one attached hydrogen (secondary N) is 1. The van der Waals surface area contributed by atoms with Crippen LogP contribution in [0.5, 0.6) is 0 Å². The van der Waals surface area contributed by atoms with Crippen molar-refractivity contribution in [2.45, 2.75) is 38.3 Å². The number of nitrogens with zero attached hydrogens (tertiary/aromatic N) is 2. The molecule has 1 aromatic heterocycles. The van der Waals surface area contributed by atoms with Crippen LogP contribution >= 0.6 is 11.6 Å². The van der Waals surface area contributed by atoms with Crippen molar-refractivity contribution in [2.24, 2.45) is 7.05 Å². The summed E-state index contributed by atoms with van der Waals surface area (Å²) in [7, 11) is 1.86. The maximum Gasteiger partial charge on any atom is 0.0847 e. The minimum atomic E-state index is -0.380. The SMILES string of the molecule is Cc1nn(C)c(CC(O)C2CCCN2)c1Cl. The van der Waals surface area contributed by atoms with E-state index in [1.165, 1.54) is 0 Å². The molecule has 0 radical (unpaired) electrons. The molecule has 2 atom stereocenters. The normalized spacial score (nSPS) is 22.6. The topological polar surface area (TPSA) is 50.1 Å². The zero-order valence-electron chi connectivity index (χ0n) is 9.70. The van der Waals surface area contributed by atoms with Gasteiger partial charge in [-0.15, -0.1) is 0 Å². The summed E-state index contributed by atoms with van der Waals surface area (Å²) < 4.78 is 1.76. The molecule has 2 N–H and O–H groups in total. The van der Waals surface area contributed by atoms with Crippen LogP contribution in [0.2, 0.25) is 5.02 Å². The highest BCUT2D eigenvalue weighted by Gasteiger charge is 2.25. The van der Waals surface area contributed by atoms with Gasteiger partial charge in [-0.05, 0) is 26.3 Å². The Kier molecular flexibility index (Phi) is 3.52. The van der Waals surface area contributed by atoms with Gasteiger partial charge in [0.25, 0.3) is 0 Å². The van der Waals surface area contributed by atoms with Crippen LogP contribution in [0.3, 0.4) is 0 Å². The van der Waals surface area contributed by atoms with Gasteiger partial charge in [0.2, 0.25) is 0 Å². The number of hydrogen-bond acceptors (Lipinski definition) is 3. The van der Waals surface area contributed by atoms with Crippen molar-refractivity contribution in [1.82, 2.24) is 15.1 Å². The van der Waals surface area contributed by atoms with Gasteiger partial charge in [-0.3, -0.25) is 4.68 Å². The lowest BCUT2D eigenvalue weighted by Gasteiger charge is -2.18. The predicted octanol–water partition coefficient (Wildman–Crippen LogP) is 1.04. The Morgan fingerprint density at radius 2 is 2.44 bits per heavy atom. The highest BCUT2D eigenvalue weighted by atomic mass is 35.5. The van der Waals surface area contributed by atoms with Crippen molar-refractivity contribution in [3.63, 3.8) is 0 Å². The van der Waals surface area contributed by atoms with E-state index in [9.17, 15) is 5.11 Å². The van der Waals surface area contributed by atoms with E-state index < -0.39 is 0 Å². The van der Waals surface area contributed by atoms with Crippen molar-refractivity contribution in [2.75, 3.05) is 6.54 Å². The maximum absolute atomic E-state index is 10.1. The Morgan fingerprint density at radius 3 is 2.94 bits per heavy atom. The molecule has 1 saturated heterocycles. The van der Waals surface area contributed by atoms with E-state index >= 15 is 0 Å². The predicted molar refractivity (Wildman–Crippen MR) is 63.7 cm³/mol. The third-order valence-corrected chi connectivity index (χ3v) is 3.72. The Labute approximate surface area is 101 Å². The van der Waals surface area contributed by atoms with Crippen molar-refractivity contribution in [3.05, 3.63) is 16.4 Å². The van der Waals surface area contributed by atoms with E-state index in [4.69, 9.17) is 11.6 Å². The van der Waals surface area contributed by atoms with Gasteiger partial charge in [0.05, 0.1) is 22.5 Å². The Morgan fingerprint density at radius 1 is 1.69 bits per heavy atom. The first-order chi connectivity index (χ1) is 7.59. The molecule has 2 heterocycles. The molecule has 1 aromatic rings. The molecule has 16 heavy (non-hydrogen) atoms. The molecule has 1 aliphatic heterocycles. The monoisotopic (exact) mass is 243 g/mol. The fourth-order valence-corrected chi connectivity index (χ4v) is 2.52. The van der Waals surface area contributed by atoms with E-state index in [2.05, 4.69) is 10.4 Å². The van der Waals surface area contributed by atoms with Gasteiger partial charge in [0.15, 0.2) is 0 Å². The minimum Gasteiger partial charge on any atom is -0.391 e. The van der Waals surface area contributed by atoms with Crippen LogP contribution in [-0.4, -0.2) is 33.6 Å². The molecule has 0 saturated carbocycles. The maximum atomic E-state index is 10.1. The molecular weight excluding hydrogens is 226 g/mol. The van der Waals surface area contributed by atoms with Gasteiger partial charge < -0.3 is 10.4 Å². The summed E-state index contributed by atoms with van der Waals surface area (Å²) in [6, 6.07) is 0.200. The van der Waals surface area contributed by atoms with E-state index in [0.29, 0.717) is 11.4 Å². The lowest BCUT2D eigenvalue weighted by Crippen LogP contribution is -2.36. The molecule has 5 heteroatoms. The van der Waals surface area contributed by atoms with E-state index in [-0.39, 0.29) is 12.1 Å². The van der Waals surface area contributed by atoms with Crippen LogP contribution < -0.4 is 5.32 Å². The first-order valence-corrected chi connectivity index (χ1v) is 6.07. The summed E-state index contributed by atoms with van der Waals surface area (Å²) >= 11 is 6.15. The van der Waals surface area contributed by atoms with Crippen LogP contribution in [0, 0.1) is 6.92 Å². The largest absolute Gasteiger partial charge is 0.391 e. The van der Waals surface area contributed by atoms with Gasteiger partial charge in [0.1, 0.15) is 0 Å². The third kappa shape index (κ3) is 2.24. The van der Waals surface area contributed by atoms with Gasteiger partial charge in [0, 0.05) is 19.5 Å². The fourth-order valence-electron chi connectivity index (χ4n) is 2.28.